The summed E-state index contributed by atoms with van der Waals surface area (Å²) in [5.41, 5.74) is 6.39. The lowest BCUT2D eigenvalue weighted by Gasteiger charge is -2.00. The van der Waals surface area contributed by atoms with Gasteiger partial charge in [0.15, 0.2) is 5.82 Å². The van der Waals surface area contributed by atoms with Gasteiger partial charge in [0, 0.05) is 13.6 Å². The van der Waals surface area contributed by atoms with E-state index in [4.69, 9.17) is 5.73 Å². The van der Waals surface area contributed by atoms with Crippen molar-refractivity contribution in [1.82, 2.24) is 15.2 Å². The second-order valence-electron chi connectivity index (χ2n) is 2.67. The van der Waals surface area contributed by atoms with Crippen LogP contribution >= 0.6 is 38.5 Å². The minimum atomic E-state index is 0.255. The van der Waals surface area contributed by atoms with Crippen LogP contribution < -0.4 is 5.73 Å². The predicted molar refractivity (Wildman–Crippen MR) is 66.6 cm³/mol. The van der Waals surface area contributed by atoms with Gasteiger partial charge < -0.3 is 5.73 Å². The van der Waals surface area contributed by atoms with Gasteiger partial charge in [-0.1, -0.05) is 15.9 Å². The van der Waals surface area contributed by atoms with E-state index in [1.807, 2.05) is 18.2 Å². The molecule has 0 saturated heterocycles. The van der Waals surface area contributed by atoms with E-state index in [0.29, 0.717) is 5.82 Å². The average molecular weight is 365 g/mol. The molecule has 72 valence electrons. The molecule has 0 aliphatic carbocycles. The molecule has 0 radical (unpaired) electrons. The zero-order valence-corrected chi connectivity index (χ0v) is 10.7. The summed E-state index contributed by atoms with van der Waals surface area (Å²) in [6, 6.07) is 5.98. The number of hydrogen-bond acceptors (Lipinski definition) is 3. The van der Waals surface area contributed by atoms with Crippen molar-refractivity contribution in [1.29, 1.82) is 0 Å². The molecule has 0 fully saturated rings. The Morgan fingerprint density at radius 2 is 2.21 bits per heavy atom. The van der Waals surface area contributed by atoms with Crippen molar-refractivity contribution in [3.63, 3.8) is 0 Å². The number of anilines is 1. The standard InChI is InChI=1S/C8H6BrIN4/c9-6-2-1-4(10)3-5(6)7-12-8(11)14-13-7/h1-3H,(H3,11,12,13,14). The quantitative estimate of drug-likeness (QED) is 0.763. The van der Waals surface area contributed by atoms with Crippen LogP contribution in [0, 0.1) is 3.57 Å². The summed E-state index contributed by atoms with van der Waals surface area (Å²) in [5, 5.41) is 6.55. The lowest BCUT2D eigenvalue weighted by molar-refractivity contribution is 1.10. The van der Waals surface area contributed by atoms with Crippen LogP contribution in [0.5, 0.6) is 0 Å². The van der Waals surface area contributed by atoms with Crippen molar-refractivity contribution in [2.24, 2.45) is 0 Å². The first-order valence-corrected chi connectivity index (χ1v) is 5.67. The molecule has 0 aliphatic rings. The van der Waals surface area contributed by atoms with Crippen molar-refractivity contribution >= 4 is 44.5 Å². The number of nitrogens with two attached hydrogens (primary N) is 1. The number of nitrogens with zero attached hydrogens (tertiary/aromatic N) is 2. The Kier molecular flexibility index (Phi) is 2.73. The first-order valence-electron chi connectivity index (χ1n) is 3.80. The number of aromatic nitrogens is 3. The van der Waals surface area contributed by atoms with E-state index in [2.05, 4.69) is 53.7 Å². The molecule has 0 atom stereocenters. The van der Waals surface area contributed by atoms with Gasteiger partial charge in [-0.2, -0.15) is 4.98 Å². The Morgan fingerprint density at radius 3 is 2.86 bits per heavy atom. The number of aromatic amines is 1. The Morgan fingerprint density at radius 1 is 1.43 bits per heavy atom. The number of halogens is 2. The van der Waals surface area contributed by atoms with Gasteiger partial charge in [0.05, 0.1) is 0 Å². The highest BCUT2D eigenvalue weighted by molar-refractivity contribution is 14.1. The molecule has 0 bridgehead atoms. The summed E-state index contributed by atoms with van der Waals surface area (Å²) < 4.78 is 2.10. The molecule has 14 heavy (non-hydrogen) atoms. The van der Waals surface area contributed by atoms with Crippen LogP contribution in [0.4, 0.5) is 5.95 Å². The number of nitrogens with one attached hydrogen (secondary N) is 1. The van der Waals surface area contributed by atoms with E-state index in [9.17, 15) is 0 Å². The largest absolute Gasteiger partial charge is 0.366 e. The first-order chi connectivity index (χ1) is 6.66. The molecular weight excluding hydrogens is 359 g/mol. The molecule has 4 nitrogen and oxygen atoms in total. The Balaban J connectivity index is 2.55. The van der Waals surface area contributed by atoms with Crippen molar-refractivity contribution in [2.75, 3.05) is 5.73 Å². The summed E-state index contributed by atoms with van der Waals surface area (Å²) in [6.07, 6.45) is 0. The van der Waals surface area contributed by atoms with Crippen molar-refractivity contribution in [3.8, 4) is 11.4 Å². The molecule has 3 N–H and O–H groups in total. The van der Waals surface area contributed by atoms with E-state index < -0.39 is 0 Å². The van der Waals surface area contributed by atoms with Gasteiger partial charge >= 0.3 is 0 Å². The minimum Gasteiger partial charge on any atom is -0.366 e. The predicted octanol–water partition coefficient (Wildman–Crippen LogP) is 2.42. The highest BCUT2D eigenvalue weighted by Crippen LogP contribution is 2.27. The summed E-state index contributed by atoms with van der Waals surface area (Å²) in [6.45, 7) is 0. The topological polar surface area (TPSA) is 67.6 Å². The Bertz CT molecular complexity index is 468. The van der Waals surface area contributed by atoms with Crippen LogP contribution in [0.15, 0.2) is 22.7 Å². The fourth-order valence-electron chi connectivity index (χ4n) is 1.07. The van der Waals surface area contributed by atoms with Crippen LogP contribution in [0.25, 0.3) is 11.4 Å². The fraction of sp³-hybridized carbons (Fsp3) is 0. The van der Waals surface area contributed by atoms with Gasteiger partial charge in [0.2, 0.25) is 5.95 Å². The van der Waals surface area contributed by atoms with E-state index >= 15 is 0 Å². The van der Waals surface area contributed by atoms with Gasteiger partial charge in [0.25, 0.3) is 0 Å². The molecule has 0 aliphatic heterocycles. The molecule has 0 spiro atoms. The van der Waals surface area contributed by atoms with E-state index in [1.165, 1.54) is 0 Å². The minimum absolute atomic E-state index is 0.255. The number of rotatable bonds is 1. The third kappa shape index (κ3) is 1.90. The molecule has 6 heteroatoms. The SMILES string of the molecule is Nc1n[nH]c(-c2cc(I)ccc2Br)n1. The molecule has 1 aromatic carbocycles. The maximum atomic E-state index is 5.43. The van der Waals surface area contributed by atoms with Crippen LogP contribution in [0.2, 0.25) is 0 Å². The van der Waals surface area contributed by atoms with Crippen molar-refractivity contribution < 1.29 is 0 Å². The zero-order chi connectivity index (χ0) is 10.1. The van der Waals surface area contributed by atoms with Crippen LogP contribution in [-0.4, -0.2) is 15.2 Å². The summed E-state index contributed by atoms with van der Waals surface area (Å²) in [4.78, 5) is 4.06. The molecule has 1 aromatic heterocycles. The Labute approximate surface area is 103 Å². The van der Waals surface area contributed by atoms with E-state index in [-0.39, 0.29) is 5.95 Å². The van der Waals surface area contributed by atoms with Crippen molar-refractivity contribution in [2.45, 2.75) is 0 Å². The van der Waals surface area contributed by atoms with Gasteiger partial charge in [-0.25, -0.2) is 0 Å². The van der Waals surface area contributed by atoms with Crippen LogP contribution in [0.3, 0.4) is 0 Å². The summed E-state index contributed by atoms with van der Waals surface area (Å²) in [5.74, 6) is 0.929. The molecule has 1 heterocycles. The third-order valence-electron chi connectivity index (χ3n) is 1.69. The number of nitrogen functional groups attached to an aromatic ring is 1. The number of hydrogen-bond donors (Lipinski definition) is 2. The van der Waals surface area contributed by atoms with Gasteiger partial charge in [-0.15, -0.1) is 5.10 Å². The Hall–Kier alpha value is -0.630. The van der Waals surface area contributed by atoms with Gasteiger partial charge in [-0.05, 0) is 40.8 Å². The van der Waals surface area contributed by atoms with Crippen molar-refractivity contribution in [3.05, 3.63) is 26.2 Å². The van der Waals surface area contributed by atoms with Crippen LogP contribution in [0.1, 0.15) is 0 Å². The lowest BCUT2D eigenvalue weighted by atomic mass is 10.2. The molecule has 0 saturated carbocycles. The normalized spacial score (nSPS) is 10.4. The molecule has 0 unspecified atom stereocenters. The second-order valence-corrected chi connectivity index (χ2v) is 4.77. The first kappa shape index (κ1) is 9.91. The van der Waals surface area contributed by atoms with E-state index in [1.54, 1.807) is 0 Å². The highest BCUT2D eigenvalue weighted by Gasteiger charge is 2.07. The van der Waals surface area contributed by atoms with E-state index in [0.717, 1.165) is 13.6 Å². The van der Waals surface area contributed by atoms with Gasteiger partial charge in [-0.3, -0.25) is 5.10 Å². The smallest absolute Gasteiger partial charge is 0.239 e. The summed E-state index contributed by atoms with van der Waals surface area (Å²) >= 11 is 5.69. The molecular formula is C8H6BrIN4. The monoisotopic (exact) mass is 364 g/mol. The number of H-pyrrole nitrogens is 1. The third-order valence-corrected chi connectivity index (χ3v) is 3.05. The number of benzene rings is 1. The average Bonchev–Trinajstić information content (AvgIpc) is 2.56. The summed E-state index contributed by atoms with van der Waals surface area (Å²) in [7, 11) is 0. The fourth-order valence-corrected chi connectivity index (χ4v) is 2.00. The maximum Gasteiger partial charge on any atom is 0.239 e. The lowest BCUT2D eigenvalue weighted by Crippen LogP contribution is -1.86. The van der Waals surface area contributed by atoms with Crippen LogP contribution in [-0.2, 0) is 0 Å². The second kappa shape index (κ2) is 3.85. The molecule has 2 rings (SSSR count). The maximum absolute atomic E-state index is 5.43. The van der Waals surface area contributed by atoms with Gasteiger partial charge in [0.1, 0.15) is 0 Å². The highest BCUT2D eigenvalue weighted by atomic mass is 127. The molecule has 0 amide bonds. The molecule has 2 aromatic rings. The zero-order valence-electron chi connectivity index (χ0n) is 6.96.